The molecule has 0 fully saturated rings. The van der Waals surface area contributed by atoms with Gasteiger partial charge < -0.3 is 19.5 Å². The maximum absolute atomic E-state index is 10.5. The van der Waals surface area contributed by atoms with Crippen molar-refractivity contribution in [1.29, 1.82) is 5.26 Å². The second-order valence-electron chi connectivity index (χ2n) is 6.62. The van der Waals surface area contributed by atoms with Gasteiger partial charge in [0.25, 0.3) is 0 Å². The fourth-order valence-corrected chi connectivity index (χ4v) is 3.62. The number of nitrogens with zero attached hydrogens (tertiary/aromatic N) is 2. The summed E-state index contributed by atoms with van der Waals surface area (Å²) in [5.41, 5.74) is 3.43. The highest BCUT2D eigenvalue weighted by atomic mass is 35.5. The number of nitriles is 1. The molecule has 0 unspecified atom stereocenters. The topological polar surface area (TPSA) is 93.5 Å². The van der Waals surface area contributed by atoms with E-state index in [-0.39, 0.29) is 6.61 Å². The normalized spacial score (nSPS) is 10.6. The number of benzene rings is 2. The zero-order valence-electron chi connectivity index (χ0n) is 19.0. The number of hydrogen-bond donors (Lipinski definition) is 2. The van der Waals surface area contributed by atoms with E-state index in [1.54, 1.807) is 31.6 Å². The van der Waals surface area contributed by atoms with Gasteiger partial charge in [0.1, 0.15) is 24.2 Å². The first-order chi connectivity index (χ1) is 16.4. The van der Waals surface area contributed by atoms with E-state index in [2.05, 4.69) is 29.0 Å². The molecule has 0 aliphatic heterocycles. The number of allylic oxidation sites excluding steroid dienone is 1. The molecule has 34 heavy (non-hydrogen) atoms. The van der Waals surface area contributed by atoms with Crippen molar-refractivity contribution < 1.29 is 19.0 Å². The number of hydrogen-bond acceptors (Lipinski definition) is 8. The molecule has 3 aromatic rings. The van der Waals surface area contributed by atoms with Crippen LogP contribution in [0.15, 0.2) is 36.7 Å². The lowest BCUT2D eigenvalue weighted by Gasteiger charge is -2.16. The molecule has 1 N–H and O–H groups in total. The summed E-state index contributed by atoms with van der Waals surface area (Å²) in [5, 5.41) is 14.3. The summed E-state index contributed by atoms with van der Waals surface area (Å²) in [6, 6.07) is 8.96. The molecule has 0 saturated heterocycles. The van der Waals surface area contributed by atoms with Gasteiger partial charge in [-0.3, -0.25) is 9.78 Å². The molecule has 0 aliphatic carbocycles. The number of carbonyl (C=O) groups excluding carboxylic acids is 1. The van der Waals surface area contributed by atoms with Gasteiger partial charge in [-0.25, -0.2) is 0 Å². The van der Waals surface area contributed by atoms with Gasteiger partial charge in [0.2, 0.25) is 0 Å². The Bertz CT molecular complexity index is 1260. The Kier molecular flexibility index (Phi) is 10.3. The number of thiol groups is 1. The van der Waals surface area contributed by atoms with Gasteiger partial charge in [0.15, 0.2) is 6.29 Å². The standard InChI is InChI=1S/C23H19Cl2N3O4.CH4S/c1-13(12-32-5-4-29)15-6-19-16(7-21(15)30-2)23(14(10-26)11-27-19)28-20-9-22(31-3)18(25)8-17(20)24;1-2/h4,6-9,11-12H,5H2,1-3H3,(H,27,28);2H,1H3/b13-12+;. The van der Waals surface area contributed by atoms with Crippen molar-refractivity contribution in [3.63, 3.8) is 0 Å². The number of ether oxygens (including phenoxy) is 3. The summed E-state index contributed by atoms with van der Waals surface area (Å²) in [5.74, 6) is 0.979. The highest BCUT2D eigenvalue weighted by molar-refractivity contribution is 7.79. The smallest absolute Gasteiger partial charge is 0.157 e. The van der Waals surface area contributed by atoms with Crippen molar-refractivity contribution in [2.24, 2.45) is 0 Å². The van der Waals surface area contributed by atoms with Gasteiger partial charge in [0, 0.05) is 23.2 Å². The van der Waals surface area contributed by atoms with Crippen molar-refractivity contribution in [1.82, 2.24) is 4.98 Å². The maximum atomic E-state index is 10.5. The average molecular weight is 520 g/mol. The van der Waals surface area contributed by atoms with E-state index in [0.29, 0.717) is 55.7 Å². The minimum absolute atomic E-state index is 0.0452. The number of rotatable bonds is 8. The first-order valence-corrected chi connectivity index (χ1v) is 11.5. The zero-order chi connectivity index (χ0) is 25.3. The number of methoxy groups -OCH3 is 2. The van der Waals surface area contributed by atoms with E-state index in [1.165, 1.54) is 19.6 Å². The van der Waals surface area contributed by atoms with Crippen LogP contribution in [0.1, 0.15) is 18.1 Å². The fraction of sp³-hybridized carbons (Fsp3) is 0.208. The fourth-order valence-electron chi connectivity index (χ4n) is 3.11. The second-order valence-corrected chi connectivity index (χ2v) is 7.44. The molecule has 0 spiro atoms. The van der Waals surface area contributed by atoms with Crippen LogP contribution in [0.5, 0.6) is 11.5 Å². The lowest BCUT2D eigenvalue weighted by molar-refractivity contribution is -0.110. The number of nitrogens with one attached hydrogen (secondary N) is 1. The summed E-state index contributed by atoms with van der Waals surface area (Å²) in [6.07, 6.45) is 5.33. The van der Waals surface area contributed by atoms with Crippen molar-refractivity contribution in [2.45, 2.75) is 6.92 Å². The SMILES string of the molecule is COc1cc(Nc2c(C#N)cnc3cc(/C(C)=C/OCC=O)c(OC)cc23)c(Cl)cc1Cl.CS. The van der Waals surface area contributed by atoms with Crippen LogP contribution in [0, 0.1) is 11.3 Å². The quantitative estimate of drug-likeness (QED) is 0.156. The summed E-state index contributed by atoms with van der Waals surface area (Å²) >= 11 is 16.0. The van der Waals surface area contributed by atoms with E-state index < -0.39 is 0 Å². The number of anilines is 2. The van der Waals surface area contributed by atoms with Crippen molar-refractivity contribution in [3.8, 4) is 17.6 Å². The van der Waals surface area contributed by atoms with Gasteiger partial charge in [-0.1, -0.05) is 23.2 Å². The van der Waals surface area contributed by atoms with Crippen molar-refractivity contribution in [3.05, 3.63) is 57.9 Å². The number of fused-ring (bicyclic) bond motifs is 1. The molecule has 7 nitrogen and oxygen atoms in total. The third kappa shape index (κ3) is 6.06. The molecule has 0 radical (unpaired) electrons. The molecular formula is C24H23Cl2N3O4S. The molecule has 0 atom stereocenters. The van der Waals surface area contributed by atoms with E-state index in [1.807, 2.05) is 13.0 Å². The van der Waals surface area contributed by atoms with E-state index >= 15 is 0 Å². The highest BCUT2D eigenvalue weighted by Gasteiger charge is 2.16. The molecule has 0 amide bonds. The van der Waals surface area contributed by atoms with Gasteiger partial charge in [0.05, 0.1) is 53.0 Å². The lowest BCUT2D eigenvalue weighted by Crippen LogP contribution is -2.00. The Hall–Kier alpha value is -3.12. The van der Waals surface area contributed by atoms with Gasteiger partial charge in [-0.15, -0.1) is 0 Å². The molecule has 10 heteroatoms. The van der Waals surface area contributed by atoms with Crippen LogP contribution in [-0.4, -0.2) is 38.4 Å². The van der Waals surface area contributed by atoms with Crippen LogP contribution in [0.2, 0.25) is 10.0 Å². The van der Waals surface area contributed by atoms with E-state index in [9.17, 15) is 10.1 Å². The Morgan fingerprint density at radius 3 is 2.47 bits per heavy atom. The lowest BCUT2D eigenvalue weighted by atomic mass is 10.0. The molecule has 178 valence electrons. The van der Waals surface area contributed by atoms with Crippen molar-refractivity contribution >= 4 is 70.0 Å². The van der Waals surface area contributed by atoms with Gasteiger partial charge >= 0.3 is 0 Å². The number of halogens is 2. The monoisotopic (exact) mass is 519 g/mol. The Balaban J connectivity index is 0.00000199. The Morgan fingerprint density at radius 2 is 1.85 bits per heavy atom. The number of aldehydes is 1. The maximum Gasteiger partial charge on any atom is 0.157 e. The third-order valence-electron chi connectivity index (χ3n) is 4.66. The van der Waals surface area contributed by atoms with Gasteiger partial charge in [-0.05, 0) is 37.0 Å². The summed E-state index contributed by atoms with van der Waals surface area (Å²) < 4.78 is 16.0. The Morgan fingerprint density at radius 1 is 1.15 bits per heavy atom. The highest BCUT2D eigenvalue weighted by Crippen LogP contribution is 2.39. The number of pyridine rings is 1. The molecule has 0 bridgehead atoms. The number of aromatic nitrogens is 1. The molecule has 1 aromatic heterocycles. The van der Waals surface area contributed by atoms with Crippen LogP contribution in [-0.2, 0) is 9.53 Å². The first-order valence-electron chi connectivity index (χ1n) is 9.81. The largest absolute Gasteiger partial charge is 0.496 e. The molecule has 2 aromatic carbocycles. The van der Waals surface area contributed by atoms with Gasteiger partial charge in [-0.2, -0.15) is 17.9 Å². The minimum Gasteiger partial charge on any atom is -0.496 e. The van der Waals surface area contributed by atoms with E-state index in [0.717, 1.165) is 11.1 Å². The van der Waals surface area contributed by atoms with Crippen LogP contribution in [0.25, 0.3) is 16.5 Å². The van der Waals surface area contributed by atoms with Crippen LogP contribution >= 0.6 is 35.8 Å². The van der Waals surface area contributed by atoms with Crippen molar-refractivity contribution in [2.75, 3.05) is 32.4 Å². The molecule has 1 heterocycles. The van der Waals surface area contributed by atoms with Crippen LogP contribution < -0.4 is 14.8 Å². The van der Waals surface area contributed by atoms with Crippen LogP contribution in [0.3, 0.4) is 0 Å². The van der Waals surface area contributed by atoms with E-state index in [4.69, 9.17) is 37.4 Å². The molecule has 0 aliphatic rings. The predicted octanol–water partition coefficient (Wildman–Crippen LogP) is 6.30. The summed E-state index contributed by atoms with van der Waals surface area (Å²) in [7, 11) is 3.04. The average Bonchev–Trinajstić information content (AvgIpc) is 2.86. The molecule has 3 rings (SSSR count). The zero-order valence-corrected chi connectivity index (χ0v) is 21.4. The summed E-state index contributed by atoms with van der Waals surface area (Å²) in [6.45, 7) is 1.79. The molecular weight excluding hydrogens is 497 g/mol. The van der Waals surface area contributed by atoms with Crippen LogP contribution in [0.4, 0.5) is 11.4 Å². The Labute approximate surface area is 213 Å². The third-order valence-corrected chi connectivity index (χ3v) is 5.27. The minimum atomic E-state index is -0.0452. The number of carbonyl (C=O) groups is 1. The molecule has 0 saturated carbocycles. The predicted molar refractivity (Wildman–Crippen MR) is 140 cm³/mol. The summed E-state index contributed by atoms with van der Waals surface area (Å²) in [4.78, 5) is 14.9. The second kappa shape index (κ2) is 12.9. The first kappa shape index (κ1) is 27.1.